The highest BCUT2D eigenvalue weighted by molar-refractivity contribution is 6.07. The number of carbonyl (C=O) groups is 1. The molecule has 1 amide bonds. The van der Waals surface area contributed by atoms with Crippen molar-refractivity contribution in [3.8, 4) is 11.1 Å². The minimum absolute atomic E-state index is 0.0692. The lowest BCUT2D eigenvalue weighted by Crippen LogP contribution is -2.20. The summed E-state index contributed by atoms with van der Waals surface area (Å²) >= 11 is 0. The lowest BCUT2D eigenvalue weighted by atomic mass is 9.96. The number of fused-ring (bicyclic) bond motifs is 1. The molecule has 0 saturated heterocycles. The van der Waals surface area contributed by atoms with Gasteiger partial charge in [0.25, 0.3) is 5.91 Å². The van der Waals surface area contributed by atoms with Crippen LogP contribution < -0.4 is 5.73 Å². The van der Waals surface area contributed by atoms with Crippen LogP contribution in [0.1, 0.15) is 29.8 Å². The molecule has 0 aliphatic rings. The summed E-state index contributed by atoms with van der Waals surface area (Å²) in [4.78, 5) is 20.7. The number of pyridine rings is 1. The number of carbonyl (C=O) groups excluding carboxylic acids is 1. The van der Waals surface area contributed by atoms with Crippen molar-refractivity contribution in [2.75, 3.05) is 0 Å². The molecule has 6 heteroatoms. The van der Waals surface area contributed by atoms with E-state index in [1.165, 1.54) is 30.5 Å². The summed E-state index contributed by atoms with van der Waals surface area (Å²) in [6.45, 7) is 5.45. The summed E-state index contributed by atoms with van der Waals surface area (Å²) in [6.07, 6.45) is 1.49. The topological polar surface area (TPSA) is 68.3 Å². The molecule has 0 aliphatic heterocycles. The zero-order valence-electron chi connectivity index (χ0n) is 15.3. The van der Waals surface area contributed by atoms with Crippen LogP contribution in [0.15, 0.2) is 47.6 Å². The number of aromatic nitrogens is 1. The number of amidine groups is 1. The first-order valence-corrected chi connectivity index (χ1v) is 8.51. The van der Waals surface area contributed by atoms with Gasteiger partial charge in [-0.1, -0.05) is 19.9 Å². The molecule has 0 unspecified atom stereocenters. The average Bonchev–Trinajstić information content (AvgIpc) is 2.61. The standard InChI is InChI=1S/C21H19F2N3O/c1-11(2)20(24)26-21(27)13-9-12(3)19-15(10-13)14(7-8-25-19)18-16(22)5-4-6-17(18)23/h4-11H,1-3H3,(H2,24,26,27). The van der Waals surface area contributed by atoms with Gasteiger partial charge < -0.3 is 5.73 Å². The van der Waals surface area contributed by atoms with Crippen LogP contribution in [0.5, 0.6) is 0 Å². The van der Waals surface area contributed by atoms with Gasteiger partial charge in [0.15, 0.2) is 0 Å². The molecule has 2 aromatic carbocycles. The Balaban J connectivity index is 2.25. The normalized spacial score (nSPS) is 12.0. The zero-order chi connectivity index (χ0) is 19.7. The minimum atomic E-state index is -0.682. The number of hydrogen-bond donors (Lipinski definition) is 1. The molecule has 3 rings (SSSR count). The third-order valence-corrected chi connectivity index (χ3v) is 4.34. The number of rotatable bonds is 3. The number of amides is 1. The molecule has 0 fully saturated rings. The van der Waals surface area contributed by atoms with Crippen molar-refractivity contribution < 1.29 is 13.6 Å². The van der Waals surface area contributed by atoms with E-state index in [-0.39, 0.29) is 22.9 Å². The fourth-order valence-corrected chi connectivity index (χ4v) is 2.84. The van der Waals surface area contributed by atoms with Crippen LogP contribution in [0, 0.1) is 24.5 Å². The summed E-state index contributed by atoms with van der Waals surface area (Å²) in [5, 5.41) is 0.475. The number of hydrogen-bond acceptors (Lipinski definition) is 2. The SMILES string of the molecule is Cc1cc(C(=O)N=C(N)C(C)C)cc2c(-c3c(F)cccc3F)ccnc12. The van der Waals surface area contributed by atoms with Gasteiger partial charge in [-0.05, 0) is 48.4 Å². The zero-order valence-corrected chi connectivity index (χ0v) is 15.3. The van der Waals surface area contributed by atoms with E-state index < -0.39 is 17.5 Å². The Morgan fingerprint density at radius 2 is 1.81 bits per heavy atom. The lowest BCUT2D eigenvalue weighted by Gasteiger charge is -2.11. The van der Waals surface area contributed by atoms with E-state index in [1.807, 2.05) is 13.8 Å². The predicted molar refractivity (Wildman–Crippen MR) is 103 cm³/mol. The van der Waals surface area contributed by atoms with Crippen LogP contribution in [0.25, 0.3) is 22.0 Å². The molecular weight excluding hydrogens is 348 g/mol. The van der Waals surface area contributed by atoms with Gasteiger partial charge in [0.1, 0.15) is 17.5 Å². The fraction of sp³-hybridized carbons (Fsp3) is 0.190. The quantitative estimate of drug-likeness (QED) is 0.541. The summed E-state index contributed by atoms with van der Waals surface area (Å²) < 4.78 is 28.6. The summed E-state index contributed by atoms with van der Waals surface area (Å²) in [5.74, 6) is -1.71. The smallest absolute Gasteiger partial charge is 0.278 e. The molecule has 0 radical (unpaired) electrons. The monoisotopic (exact) mass is 367 g/mol. The number of halogens is 2. The van der Waals surface area contributed by atoms with E-state index in [0.29, 0.717) is 22.0 Å². The first-order chi connectivity index (χ1) is 12.8. The van der Waals surface area contributed by atoms with Gasteiger partial charge in [-0.2, -0.15) is 4.99 Å². The number of nitrogens with zero attached hydrogens (tertiary/aromatic N) is 2. The van der Waals surface area contributed by atoms with Crippen LogP contribution in [0.4, 0.5) is 8.78 Å². The predicted octanol–water partition coefficient (Wildman–Crippen LogP) is 4.64. The highest BCUT2D eigenvalue weighted by atomic mass is 19.1. The van der Waals surface area contributed by atoms with Gasteiger partial charge in [0, 0.05) is 23.1 Å². The molecule has 27 heavy (non-hydrogen) atoms. The van der Waals surface area contributed by atoms with Crippen LogP contribution in [0.2, 0.25) is 0 Å². The number of nitrogens with two attached hydrogens (primary N) is 1. The van der Waals surface area contributed by atoms with E-state index >= 15 is 0 Å². The Hall–Kier alpha value is -3.15. The molecule has 3 aromatic rings. The van der Waals surface area contributed by atoms with Gasteiger partial charge in [-0.25, -0.2) is 8.78 Å². The fourth-order valence-electron chi connectivity index (χ4n) is 2.84. The Kier molecular flexibility index (Phi) is 4.99. The second kappa shape index (κ2) is 7.23. The molecule has 0 bridgehead atoms. The van der Waals surface area contributed by atoms with Crippen LogP contribution in [-0.4, -0.2) is 16.7 Å². The maximum Gasteiger partial charge on any atom is 0.278 e. The first kappa shape index (κ1) is 18.6. The van der Waals surface area contributed by atoms with Gasteiger partial charge in [0.2, 0.25) is 0 Å². The Morgan fingerprint density at radius 1 is 1.15 bits per heavy atom. The highest BCUT2D eigenvalue weighted by Gasteiger charge is 2.17. The van der Waals surface area contributed by atoms with Crippen molar-refractivity contribution in [2.24, 2.45) is 16.6 Å². The molecule has 0 spiro atoms. The molecule has 2 N–H and O–H groups in total. The molecular formula is C21H19F2N3O. The average molecular weight is 367 g/mol. The van der Waals surface area contributed by atoms with Crippen molar-refractivity contribution >= 4 is 22.6 Å². The van der Waals surface area contributed by atoms with Crippen LogP contribution in [0.3, 0.4) is 0 Å². The van der Waals surface area contributed by atoms with Gasteiger partial charge in [0.05, 0.1) is 11.1 Å². The summed E-state index contributed by atoms with van der Waals surface area (Å²) in [7, 11) is 0. The maximum atomic E-state index is 14.3. The van der Waals surface area contributed by atoms with Crippen LogP contribution in [-0.2, 0) is 0 Å². The van der Waals surface area contributed by atoms with E-state index in [0.717, 1.165) is 0 Å². The Morgan fingerprint density at radius 3 is 2.44 bits per heavy atom. The first-order valence-electron chi connectivity index (χ1n) is 8.51. The molecule has 0 aliphatic carbocycles. The van der Waals surface area contributed by atoms with Crippen molar-refractivity contribution in [3.05, 3.63) is 65.4 Å². The molecule has 0 saturated carbocycles. The molecule has 0 atom stereocenters. The minimum Gasteiger partial charge on any atom is -0.387 e. The largest absolute Gasteiger partial charge is 0.387 e. The van der Waals surface area contributed by atoms with Gasteiger partial charge in [-0.15, -0.1) is 0 Å². The van der Waals surface area contributed by atoms with Crippen molar-refractivity contribution in [1.82, 2.24) is 4.98 Å². The number of aliphatic imine (C=N–C) groups is 1. The number of aryl methyl sites for hydroxylation is 1. The summed E-state index contributed by atoms with van der Waals surface area (Å²) in [6, 6.07) is 8.43. The maximum absolute atomic E-state index is 14.3. The molecule has 4 nitrogen and oxygen atoms in total. The van der Waals surface area contributed by atoms with Crippen LogP contribution >= 0.6 is 0 Å². The van der Waals surface area contributed by atoms with Gasteiger partial charge >= 0.3 is 0 Å². The lowest BCUT2D eigenvalue weighted by molar-refractivity contribution is 0.100. The van der Waals surface area contributed by atoms with Crippen molar-refractivity contribution in [1.29, 1.82) is 0 Å². The second-order valence-corrected chi connectivity index (χ2v) is 6.64. The summed E-state index contributed by atoms with van der Waals surface area (Å²) in [5.41, 5.74) is 7.51. The molecule has 1 heterocycles. The van der Waals surface area contributed by atoms with Crippen molar-refractivity contribution in [2.45, 2.75) is 20.8 Å². The second-order valence-electron chi connectivity index (χ2n) is 6.64. The van der Waals surface area contributed by atoms with E-state index in [4.69, 9.17) is 5.73 Å². The molecule has 1 aromatic heterocycles. The van der Waals surface area contributed by atoms with E-state index in [1.54, 1.807) is 19.1 Å². The third kappa shape index (κ3) is 3.56. The van der Waals surface area contributed by atoms with E-state index in [2.05, 4.69) is 9.98 Å². The Labute approximate surface area is 155 Å². The number of benzene rings is 2. The van der Waals surface area contributed by atoms with Crippen molar-refractivity contribution in [3.63, 3.8) is 0 Å². The van der Waals surface area contributed by atoms with E-state index in [9.17, 15) is 13.6 Å². The Bertz CT molecular complexity index is 1050. The molecule has 138 valence electrons. The van der Waals surface area contributed by atoms with Gasteiger partial charge in [-0.3, -0.25) is 9.78 Å². The third-order valence-electron chi connectivity index (χ3n) is 4.34. The highest BCUT2D eigenvalue weighted by Crippen LogP contribution is 2.33.